The minimum atomic E-state index is 0.336. The van der Waals surface area contributed by atoms with Crippen molar-refractivity contribution >= 4 is 11.0 Å². The van der Waals surface area contributed by atoms with Crippen LogP contribution in [0.1, 0.15) is 32.1 Å². The lowest BCUT2D eigenvalue weighted by Crippen LogP contribution is -2.19. The van der Waals surface area contributed by atoms with Crippen LogP contribution < -0.4 is 5.32 Å². The molecule has 0 saturated heterocycles. The second kappa shape index (κ2) is 4.49. The Morgan fingerprint density at radius 2 is 2.07 bits per heavy atom. The van der Waals surface area contributed by atoms with E-state index in [2.05, 4.69) is 31.3 Å². The molecule has 0 saturated carbocycles. The molecule has 80 valence electrons. The van der Waals surface area contributed by atoms with Crippen LogP contribution in [0.3, 0.4) is 0 Å². The zero-order valence-corrected chi connectivity index (χ0v) is 9.29. The highest BCUT2D eigenvalue weighted by atomic mass is 16.3. The van der Waals surface area contributed by atoms with Crippen molar-refractivity contribution in [3.05, 3.63) is 36.1 Å². The number of furan rings is 1. The highest BCUT2D eigenvalue weighted by Gasteiger charge is 2.12. The van der Waals surface area contributed by atoms with Crippen molar-refractivity contribution in [2.45, 2.75) is 26.3 Å². The minimum absolute atomic E-state index is 0.336. The van der Waals surface area contributed by atoms with Gasteiger partial charge in [0, 0.05) is 5.39 Å². The van der Waals surface area contributed by atoms with Gasteiger partial charge in [-0.2, -0.15) is 0 Å². The molecule has 0 spiro atoms. The standard InChI is InChI=1S/C13H17NO/c1-3-11(14-4-2)13-9-10-7-5-6-8-12(10)15-13/h5-9,11,14H,3-4H2,1-2H3. The van der Waals surface area contributed by atoms with Gasteiger partial charge in [0.05, 0.1) is 6.04 Å². The topological polar surface area (TPSA) is 25.2 Å². The summed E-state index contributed by atoms with van der Waals surface area (Å²) in [5.74, 6) is 1.04. The summed E-state index contributed by atoms with van der Waals surface area (Å²) in [7, 11) is 0. The molecule has 0 aliphatic carbocycles. The number of fused-ring (bicyclic) bond motifs is 1. The number of hydrogen-bond donors (Lipinski definition) is 1. The van der Waals surface area contributed by atoms with Gasteiger partial charge >= 0.3 is 0 Å². The molecule has 0 bridgehead atoms. The SMILES string of the molecule is CCNC(CC)c1cc2ccccc2o1. The van der Waals surface area contributed by atoms with Gasteiger partial charge in [0.1, 0.15) is 11.3 Å². The summed E-state index contributed by atoms with van der Waals surface area (Å²) >= 11 is 0. The van der Waals surface area contributed by atoms with Crippen LogP contribution in [0.25, 0.3) is 11.0 Å². The number of nitrogens with one attached hydrogen (secondary N) is 1. The summed E-state index contributed by atoms with van der Waals surface area (Å²) in [5.41, 5.74) is 0.976. The Morgan fingerprint density at radius 3 is 2.73 bits per heavy atom. The van der Waals surface area contributed by atoms with Crippen molar-refractivity contribution in [2.75, 3.05) is 6.54 Å². The molecule has 2 heteroatoms. The fraction of sp³-hybridized carbons (Fsp3) is 0.385. The van der Waals surface area contributed by atoms with Crippen LogP contribution in [0.5, 0.6) is 0 Å². The van der Waals surface area contributed by atoms with Crippen molar-refractivity contribution in [3.63, 3.8) is 0 Å². The Bertz CT molecular complexity index is 400. The monoisotopic (exact) mass is 203 g/mol. The molecule has 0 fully saturated rings. The van der Waals surface area contributed by atoms with E-state index in [-0.39, 0.29) is 0 Å². The zero-order valence-electron chi connectivity index (χ0n) is 9.29. The molecule has 2 aromatic rings. The summed E-state index contributed by atoms with van der Waals surface area (Å²) < 4.78 is 5.81. The van der Waals surface area contributed by atoms with Gasteiger partial charge in [-0.25, -0.2) is 0 Å². The van der Waals surface area contributed by atoms with Crippen LogP contribution in [0.2, 0.25) is 0 Å². The van der Waals surface area contributed by atoms with Gasteiger partial charge in [0.15, 0.2) is 0 Å². The third-order valence-electron chi connectivity index (χ3n) is 2.65. The first-order chi connectivity index (χ1) is 7.35. The molecule has 0 aliphatic rings. The molecule has 1 heterocycles. The third kappa shape index (κ3) is 2.05. The van der Waals surface area contributed by atoms with Gasteiger partial charge in [0.2, 0.25) is 0 Å². The number of rotatable bonds is 4. The average Bonchev–Trinajstić information content (AvgIpc) is 2.69. The maximum Gasteiger partial charge on any atom is 0.134 e. The summed E-state index contributed by atoms with van der Waals surface area (Å²) in [4.78, 5) is 0. The first-order valence-corrected chi connectivity index (χ1v) is 5.57. The van der Waals surface area contributed by atoms with Gasteiger partial charge in [-0.3, -0.25) is 0 Å². The quantitative estimate of drug-likeness (QED) is 0.822. The number of hydrogen-bond acceptors (Lipinski definition) is 2. The Labute approximate surface area is 90.3 Å². The predicted molar refractivity (Wildman–Crippen MR) is 62.9 cm³/mol. The Hall–Kier alpha value is -1.28. The molecule has 15 heavy (non-hydrogen) atoms. The van der Waals surface area contributed by atoms with Crippen molar-refractivity contribution in [2.24, 2.45) is 0 Å². The van der Waals surface area contributed by atoms with Crippen molar-refractivity contribution in [1.82, 2.24) is 5.32 Å². The van der Waals surface area contributed by atoms with Crippen LogP contribution in [0.4, 0.5) is 0 Å². The van der Waals surface area contributed by atoms with Gasteiger partial charge < -0.3 is 9.73 Å². The van der Waals surface area contributed by atoms with Gasteiger partial charge in [0.25, 0.3) is 0 Å². The molecule has 1 aromatic carbocycles. The molecule has 1 atom stereocenters. The fourth-order valence-electron chi connectivity index (χ4n) is 1.87. The van der Waals surface area contributed by atoms with E-state index in [0.717, 1.165) is 24.3 Å². The van der Waals surface area contributed by atoms with Crippen molar-refractivity contribution in [1.29, 1.82) is 0 Å². The summed E-state index contributed by atoms with van der Waals surface area (Å²) in [6, 6.07) is 10.6. The molecular weight excluding hydrogens is 186 g/mol. The summed E-state index contributed by atoms with van der Waals surface area (Å²) in [6.07, 6.45) is 1.05. The molecule has 0 radical (unpaired) electrons. The molecular formula is C13H17NO. The van der Waals surface area contributed by atoms with Gasteiger partial charge in [-0.1, -0.05) is 32.0 Å². The van der Waals surface area contributed by atoms with Crippen LogP contribution in [0, 0.1) is 0 Å². The summed E-state index contributed by atoms with van der Waals surface area (Å²) in [5, 5.41) is 4.60. The Morgan fingerprint density at radius 1 is 1.27 bits per heavy atom. The zero-order chi connectivity index (χ0) is 10.7. The minimum Gasteiger partial charge on any atom is -0.459 e. The highest BCUT2D eigenvalue weighted by Crippen LogP contribution is 2.25. The van der Waals surface area contributed by atoms with Crippen LogP contribution in [0.15, 0.2) is 34.7 Å². The van der Waals surface area contributed by atoms with E-state index in [0.29, 0.717) is 6.04 Å². The largest absolute Gasteiger partial charge is 0.459 e. The molecule has 1 N–H and O–H groups in total. The van der Waals surface area contributed by atoms with E-state index < -0.39 is 0 Å². The Kier molecular flexibility index (Phi) is 3.07. The second-order valence-corrected chi connectivity index (χ2v) is 3.71. The number of benzene rings is 1. The maximum absolute atomic E-state index is 5.81. The third-order valence-corrected chi connectivity index (χ3v) is 2.65. The molecule has 0 amide bonds. The lowest BCUT2D eigenvalue weighted by Gasteiger charge is -2.11. The van der Waals surface area contributed by atoms with E-state index in [4.69, 9.17) is 4.42 Å². The van der Waals surface area contributed by atoms with E-state index in [1.807, 2.05) is 18.2 Å². The van der Waals surface area contributed by atoms with E-state index >= 15 is 0 Å². The van der Waals surface area contributed by atoms with Crippen LogP contribution in [-0.4, -0.2) is 6.54 Å². The van der Waals surface area contributed by atoms with E-state index in [1.165, 1.54) is 5.39 Å². The lowest BCUT2D eigenvalue weighted by molar-refractivity contribution is 0.428. The van der Waals surface area contributed by atoms with E-state index in [1.54, 1.807) is 0 Å². The molecule has 1 unspecified atom stereocenters. The Balaban J connectivity index is 2.34. The van der Waals surface area contributed by atoms with Crippen molar-refractivity contribution in [3.8, 4) is 0 Å². The fourth-order valence-corrected chi connectivity index (χ4v) is 1.87. The maximum atomic E-state index is 5.81. The summed E-state index contributed by atoms with van der Waals surface area (Å²) in [6.45, 7) is 5.25. The second-order valence-electron chi connectivity index (χ2n) is 3.71. The highest BCUT2D eigenvalue weighted by molar-refractivity contribution is 5.77. The van der Waals surface area contributed by atoms with Gasteiger partial charge in [-0.05, 0) is 25.1 Å². The van der Waals surface area contributed by atoms with E-state index in [9.17, 15) is 0 Å². The van der Waals surface area contributed by atoms with Crippen LogP contribution >= 0.6 is 0 Å². The first-order valence-electron chi connectivity index (χ1n) is 5.57. The van der Waals surface area contributed by atoms with Gasteiger partial charge in [-0.15, -0.1) is 0 Å². The lowest BCUT2D eigenvalue weighted by atomic mass is 10.1. The first kappa shape index (κ1) is 10.2. The average molecular weight is 203 g/mol. The molecule has 0 aliphatic heterocycles. The smallest absolute Gasteiger partial charge is 0.134 e. The molecule has 2 rings (SSSR count). The molecule has 2 nitrogen and oxygen atoms in total. The molecule has 1 aromatic heterocycles. The van der Waals surface area contributed by atoms with Crippen LogP contribution in [-0.2, 0) is 0 Å². The predicted octanol–water partition coefficient (Wildman–Crippen LogP) is 3.49. The van der Waals surface area contributed by atoms with Crippen molar-refractivity contribution < 1.29 is 4.42 Å². The number of para-hydroxylation sites is 1. The normalized spacial score (nSPS) is 13.2.